The van der Waals surface area contributed by atoms with Gasteiger partial charge in [0, 0.05) is 19.4 Å². The molecule has 0 N–H and O–H groups in total. The zero-order chi connectivity index (χ0) is 10.7. The number of carbonyl (C=O) groups excluding carboxylic acids is 1. The second-order valence-electron chi connectivity index (χ2n) is 3.36. The van der Waals surface area contributed by atoms with Gasteiger partial charge in [0.05, 0.1) is 0 Å². The molecule has 0 bridgehead atoms. The SMILES string of the molecule is CCC(=O)N=c1sc(C(C)C)nn1C. The molecule has 1 heterocycles. The number of carbonyl (C=O) groups is 1. The summed E-state index contributed by atoms with van der Waals surface area (Å²) < 4.78 is 1.66. The molecule has 0 radical (unpaired) electrons. The summed E-state index contributed by atoms with van der Waals surface area (Å²) in [6, 6.07) is 0. The molecule has 0 aromatic carbocycles. The van der Waals surface area contributed by atoms with Crippen LogP contribution in [0.3, 0.4) is 0 Å². The average molecular weight is 213 g/mol. The predicted molar refractivity (Wildman–Crippen MR) is 56.0 cm³/mol. The Hall–Kier alpha value is -0.970. The summed E-state index contributed by atoms with van der Waals surface area (Å²) in [5, 5.41) is 5.30. The second-order valence-corrected chi connectivity index (χ2v) is 4.35. The van der Waals surface area contributed by atoms with Crippen LogP contribution in [-0.2, 0) is 11.8 Å². The van der Waals surface area contributed by atoms with E-state index in [0.717, 1.165) is 5.01 Å². The van der Waals surface area contributed by atoms with Crippen molar-refractivity contribution in [2.75, 3.05) is 0 Å². The Kier molecular flexibility index (Phi) is 3.57. The van der Waals surface area contributed by atoms with Crippen LogP contribution in [0.1, 0.15) is 38.1 Å². The number of aryl methyl sites for hydroxylation is 1. The molecule has 78 valence electrons. The molecule has 0 atom stereocenters. The van der Waals surface area contributed by atoms with Crippen molar-refractivity contribution in [3.05, 3.63) is 9.81 Å². The Labute approximate surface area is 87.3 Å². The number of hydrogen-bond donors (Lipinski definition) is 0. The van der Waals surface area contributed by atoms with Gasteiger partial charge in [-0.15, -0.1) is 0 Å². The highest BCUT2D eigenvalue weighted by Crippen LogP contribution is 2.12. The first-order valence-electron chi connectivity index (χ1n) is 4.66. The van der Waals surface area contributed by atoms with E-state index in [0.29, 0.717) is 17.1 Å². The second kappa shape index (κ2) is 4.50. The highest BCUT2D eigenvalue weighted by Gasteiger charge is 2.06. The van der Waals surface area contributed by atoms with E-state index < -0.39 is 0 Å². The molecular formula is C9H15N3OS. The largest absolute Gasteiger partial charge is 0.273 e. The Morgan fingerprint density at radius 2 is 2.29 bits per heavy atom. The zero-order valence-electron chi connectivity index (χ0n) is 8.94. The molecular weight excluding hydrogens is 198 g/mol. The van der Waals surface area contributed by atoms with E-state index in [1.165, 1.54) is 11.3 Å². The van der Waals surface area contributed by atoms with Gasteiger partial charge in [-0.2, -0.15) is 10.1 Å². The molecule has 5 heteroatoms. The topological polar surface area (TPSA) is 47.2 Å². The Balaban J connectivity index is 3.10. The van der Waals surface area contributed by atoms with Gasteiger partial charge < -0.3 is 0 Å². The summed E-state index contributed by atoms with van der Waals surface area (Å²) in [6.45, 7) is 5.95. The van der Waals surface area contributed by atoms with Crippen LogP contribution >= 0.6 is 11.3 Å². The normalized spacial score (nSPS) is 12.5. The molecule has 0 aliphatic carbocycles. The molecule has 1 rings (SSSR count). The van der Waals surface area contributed by atoms with Gasteiger partial charge in [-0.05, 0) is 0 Å². The van der Waals surface area contributed by atoms with Crippen LogP contribution in [0.15, 0.2) is 4.99 Å². The number of nitrogens with zero attached hydrogens (tertiary/aromatic N) is 3. The summed E-state index contributed by atoms with van der Waals surface area (Å²) >= 11 is 1.48. The number of rotatable bonds is 2. The van der Waals surface area contributed by atoms with Gasteiger partial charge >= 0.3 is 0 Å². The van der Waals surface area contributed by atoms with Crippen LogP contribution in [0.5, 0.6) is 0 Å². The summed E-state index contributed by atoms with van der Waals surface area (Å²) in [7, 11) is 1.81. The van der Waals surface area contributed by atoms with Crippen LogP contribution in [-0.4, -0.2) is 15.7 Å². The molecule has 4 nitrogen and oxygen atoms in total. The van der Waals surface area contributed by atoms with Crippen LogP contribution in [0.25, 0.3) is 0 Å². The van der Waals surface area contributed by atoms with E-state index in [9.17, 15) is 4.79 Å². The van der Waals surface area contributed by atoms with Crippen molar-refractivity contribution >= 4 is 17.2 Å². The van der Waals surface area contributed by atoms with Gasteiger partial charge in [-0.3, -0.25) is 4.79 Å². The number of aromatic nitrogens is 2. The molecule has 0 aliphatic rings. The third kappa shape index (κ3) is 2.51. The summed E-state index contributed by atoms with van der Waals surface area (Å²) in [4.78, 5) is 15.8. The molecule has 0 saturated heterocycles. The third-order valence-electron chi connectivity index (χ3n) is 1.74. The van der Waals surface area contributed by atoms with E-state index in [4.69, 9.17) is 0 Å². The van der Waals surface area contributed by atoms with Gasteiger partial charge in [0.25, 0.3) is 0 Å². The average Bonchev–Trinajstić information content (AvgIpc) is 2.48. The summed E-state index contributed by atoms with van der Waals surface area (Å²) in [5.74, 6) is 0.284. The third-order valence-corrected chi connectivity index (χ3v) is 3.04. The fourth-order valence-electron chi connectivity index (χ4n) is 0.885. The first-order chi connectivity index (χ1) is 6.54. The van der Waals surface area contributed by atoms with Crippen LogP contribution in [0.4, 0.5) is 0 Å². The van der Waals surface area contributed by atoms with Gasteiger partial charge in [0.1, 0.15) is 5.01 Å². The maximum Gasteiger partial charge on any atom is 0.248 e. The molecule has 0 unspecified atom stereocenters. The smallest absolute Gasteiger partial charge is 0.248 e. The van der Waals surface area contributed by atoms with E-state index in [2.05, 4.69) is 23.9 Å². The maximum atomic E-state index is 11.1. The van der Waals surface area contributed by atoms with Crippen molar-refractivity contribution in [2.24, 2.45) is 12.0 Å². The molecule has 0 aliphatic heterocycles. The Morgan fingerprint density at radius 3 is 2.71 bits per heavy atom. The summed E-state index contributed by atoms with van der Waals surface area (Å²) in [5.41, 5.74) is 0. The van der Waals surface area contributed by atoms with Crippen molar-refractivity contribution in [1.29, 1.82) is 0 Å². The van der Waals surface area contributed by atoms with Crippen molar-refractivity contribution in [3.8, 4) is 0 Å². The van der Waals surface area contributed by atoms with E-state index in [1.54, 1.807) is 11.6 Å². The van der Waals surface area contributed by atoms with E-state index >= 15 is 0 Å². The van der Waals surface area contributed by atoms with Crippen molar-refractivity contribution in [2.45, 2.75) is 33.1 Å². The van der Waals surface area contributed by atoms with Crippen LogP contribution in [0.2, 0.25) is 0 Å². The lowest BCUT2D eigenvalue weighted by Gasteiger charge is -1.93. The predicted octanol–water partition coefficient (Wildman–Crippen LogP) is 1.44. The highest BCUT2D eigenvalue weighted by atomic mass is 32.1. The first-order valence-corrected chi connectivity index (χ1v) is 5.47. The van der Waals surface area contributed by atoms with Gasteiger partial charge in [0.2, 0.25) is 10.7 Å². The zero-order valence-corrected chi connectivity index (χ0v) is 9.76. The van der Waals surface area contributed by atoms with Crippen molar-refractivity contribution in [3.63, 3.8) is 0 Å². The Morgan fingerprint density at radius 1 is 1.64 bits per heavy atom. The maximum absolute atomic E-state index is 11.1. The van der Waals surface area contributed by atoms with E-state index in [1.807, 2.05) is 7.05 Å². The van der Waals surface area contributed by atoms with Crippen molar-refractivity contribution < 1.29 is 4.79 Å². The van der Waals surface area contributed by atoms with Gasteiger partial charge in [0.15, 0.2) is 0 Å². The highest BCUT2D eigenvalue weighted by molar-refractivity contribution is 7.08. The monoisotopic (exact) mass is 213 g/mol. The molecule has 1 aromatic rings. The number of amides is 1. The lowest BCUT2D eigenvalue weighted by molar-refractivity contribution is -0.117. The fourth-order valence-corrected chi connectivity index (χ4v) is 1.79. The number of hydrogen-bond acceptors (Lipinski definition) is 3. The minimum Gasteiger partial charge on any atom is -0.273 e. The molecule has 0 spiro atoms. The summed E-state index contributed by atoms with van der Waals surface area (Å²) in [6.07, 6.45) is 0.439. The first kappa shape index (κ1) is 11.1. The quantitative estimate of drug-likeness (QED) is 0.746. The molecule has 0 fully saturated rings. The molecule has 0 saturated carbocycles. The standard InChI is InChI=1S/C9H15N3OS/c1-5-7(13)10-9-12(4)11-8(14-9)6(2)3/h6H,5H2,1-4H3. The van der Waals surface area contributed by atoms with Crippen LogP contribution in [0, 0.1) is 0 Å². The van der Waals surface area contributed by atoms with Gasteiger partial charge in [-0.25, -0.2) is 4.68 Å². The lowest BCUT2D eigenvalue weighted by Crippen LogP contribution is -2.14. The lowest BCUT2D eigenvalue weighted by atomic mass is 10.2. The Bertz CT molecular complexity index is 389. The minimum absolute atomic E-state index is 0.0976. The van der Waals surface area contributed by atoms with E-state index in [-0.39, 0.29) is 5.91 Å². The van der Waals surface area contributed by atoms with Crippen LogP contribution < -0.4 is 4.80 Å². The molecule has 1 aromatic heterocycles. The molecule has 1 amide bonds. The minimum atomic E-state index is -0.0976. The van der Waals surface area contributed by atoms with Gasteiger partial charge in [-0.1, -0.05) is 32.1 Å². The fraction of sp³-hybridized carbons (Fsp3) is 0.667. The van der Waals surface area contributed by atoms with Crippen molar-refractivity contribution in [1.82, 2.24) is 9.78 Å². The molecule has 14 heavy (non-hydrogen) atoms.